The van der Waals surface area contributed by atoms with Gasteiger partial charge in [0.05, 0.1) is 6.61 Å². The Morgan fingerprint density at radius 2 is 2.05 bits per heavy atom. The summed E-state index contributed by atoms with van der Waals surface area (Å²) in [6.45, 7) is 1.19. The molecule has 4 aliphatic rings. The molecule has 0 bridgehead atoms. The van der Waals surface area contributed by atoms with Crippen LogP contribution >= 0.6 is 0 Å². The summed E-state index contributed by atoms with van der Waals surface area (Å²) in [4.78, 5) is 14.9. The molecule has 2 aliphatic heterocycles. The maximum atomic E-state index is 13.3. The van der Waals surface area contributed by atoms with E-state index in [9.17, 15) is 13.6 Å². The van der Waals surface area contributed by atoms with Gasteiger partial charge in [0.2, 0.25) is 12.3 Å². The number of hydrogen-bond acceptors (Lipinski definition) is 3. The summed E-state index contributed by atoms with van der Waals surface area (Å²) in [5.74, 6) is -1.50. The second kappa shape index (κ2) is 4.63. The van der Waals surface area contributed by atoms with Crippen molar-refractivity contribution in [2.24, 2.45) is 16.7 Å². The van der Waals surface area contributed by atoms with E-state index in [-0.39, 0.29) is 17.9 Å². The molecule has 2 saturated heterocycles. The van der Waals surface area contributed by atoms with Gasteiger partial charge in [-0.3, -0.25) is 4.79 Å². The third-order valence-corrected chi connectivity index (χ3v) is 6.63. The number of halogens is 2. The molecule has 0 aromatic heterocycles. The van der Waals surface area contributed by atoms with Crippen molar-refractivity contribution < 1.29 is 23.0 Å². The number of carbonyl (C=O) groups is 1. The Kier molecular flexibility index (Phi) is 3.12. The molecule has 0 aromatic carbocycles. The molecule has 0 radical (unpaired) electrons. The van der Waals surface area contributed by atoms with Crippen LogP contribution < -0.4 is 0 Å². The van der Waals surface area contributed by atoms with Gasteiger partial charge in [0, 0.05) is 32.5 Å². The fourth-order valence-corrected chi connectivity index (χ4v) is 5.19. The first kappa shape index (κ1) is 14.8. The normalized spacial score (nSPS) is 42.4. The number of amides is 1. The van der Waals surface area contributed by atoms with E-state index < -0.39 is 23.5 Å². The van der Waals surface area contributed by atoms with Crippen LogP contribution in [0.5, 0.6) is 0 Å². The molecule has 1 unspecified atom stereocenters. The second-order valence-electron chi connectivity index (χ2n) is 7.48. The highest BCUT2D eigenvalue weighted by Gasteiger charge is 2.67. The Bertz CT molecular complexity index is 482. The second-order valence-corrected chi connectivity index (χ2v) is 7.48. The number of carbonyl (C=O) groups excluding carboxylic acids is 1. The molecule has 4 nitrogen and oxygen atoms in total. The van der Waals surface area contributed by atoms with Crippen LogP contribution in [0.3, 0.4) is 0 Å². The highest BCUT2D eigenvalue weighted by Crippen LogP contribution is 2.61. The lowest BCUT2D eigenvalue weighted by atomic mass is 9.79. The SMILES string of the molecule is CO[C@]12CCC[C@@]1(C(=O)N1CC(C(F)F)C3(CC3)C1)CCO2. The lowest BCUT2D eigenvalue weighted by Gasteiger charge is -2.39. The molecule has 0 N–H and O–H groups in total. The van der Waals surface area contributed by atoms with Gasteiger partial charge >= 0.3 is 0 Å². The molecule has 3 atom stereocenters. The quantitative estimate of drug-likeness (QED) is 0.803. The molecule has 2 aliphatic carbocycles. The van der Waals surface area contributed by atoms with Gasteiger partial charge < -0.3 is 14.4 Å². The van der Waals surface area contributed by atoms with E-state index in [1.54, 1.807) is 12.0 Å². The van der Waals surface area contributed by atoms with Crippen molar-refractivity contribution in [2.75, 3.05) is 26.8 Å². The van der Waals surface area contributed by atoms with Crippen LogP contribution in [0.4, 0.5) is 8.78 Å². The highest BCUT2D eigenvalue weighted by molar-refractivity contribution is 5.85. The Balaban J connectivity index is 1.60. The maximum absolute atomic E-state index is 13.3. The molecular weight excluding hydrogens is 292 g/mol. The number of fused-ring (bicyclic) bond motifs is 1. The zero-order valence-electron chi connectivity index (χ0n) is 12.9. The lowest BCUT2D eigenvalue weighted by Crippen LogP contribution is -2.53. The van der Waals surface area contributed by atoms with E-state index in [2.05, 4.69) is 0 Å². The minimum atomic E-state index is -2.34. The van der Waals surface area contributed by atoms with Crippen molar-refractivity contribution in [1.29, 1.82) is 0 Å². The smallest absolute Gasteiger partial charge is 0.243 e. The van der Waals surface area contributed by atoms with Crippen molar-refractivity contribution in [1.82, 2.24) is 4.90 Å². The Morgan fingerprint density at radius 1 is 1.27 bits per heavy atom. The number of rotatable bonds is 3. The van der Waals surface area contributed by atoms with Crippen LogP contribution in [0.2, 0.25) is 0 Å². The number of alkyl halides is 2. The maximum Gasteiger partial charge on any atom is 0.243 e. The van der Waals surface area contributed by atoms with Gasteiger partial charge in [0.25, 0.3) is 0 Å². The van der Waals surface area contributed by atoms with E-state index >= 15 is 0 Å². The van der Waals surface area contributed by atoms with Crippen LogP contribution in [-0.2, 0) is 14.3 Å². The van der Waals surface area contributed by atoms with Crippen molar-refractivity contribution in [3.8, 4) is 0 Å². The molecule has 2 heterocycles. The summed E-state index contributed by atoms with van der Waals surface area (Å²) < 4.78 is 38.1. The van der Waals surface area contributed by atoms with Gasteiger partial charge in [-0.05, 0) is 37.5 Å². The molecular formula is C16H23F2NO3. The molecule has 0 aromatic rings. The summed E-state index contributed by atoms with van der Waals surface area (Å²) >= 11 is 0. The Labute approximate surface area is 129 Å². The van der Waals surface area contributed by atoms with E-state index in [0.717, 1.165) is 25.7 Å². The number of nitrogens with zero attached hydrogens (tertiary/aromatic N) is 1. The molecule has 1 amide bonds. The Morgan fingerprint density at radius 3 is 2.64 bits per heavy atom. The standard InChI is InChI=1S/C16H23F2NO3/c1-21-16-4-2-3-15(16,7-8-22-16)13(20)19-9-11(12(17)18)14(10-19)5-6-14/h11-12H,2-10H2,1H3/t11?,15-,16-/m0/s1. The molecule has 6 heteroatoms. The van der Waals surface area contributed by atoms with Gasteiger partial charge in [-0.25, -0.2) is 8.78 Å². The van der Waals surface area contributed by atoms with Gasteiger partial charge in [0.15, 0.2) is 5.79 Å². The van der Waals surface area contributed by atoms with Gasteiger partial charge in [0.1, 0.15) is 5.41 Å². The highest BCUT2D eigenvalue weighted by atomic mass is 19.3. The Hall–Kier alpha value is -0.750. The van der Waals surface area contributed by atoms with Crippen LogP contribution in [-0.4, -0.2) is 49.8 Å². The summed E-state index contributed by atoms with van der Waals surface area (Å²) in [7, 11) is 1.59. The number of likely N-dealkylation sites (tertiary alicyclic amines) is 1. The van der Waals surface area contributed by atoms with Crippen LogP contribution in [0.25, 0.3) is 0 Å². The summed E-state index contributed by atoms with van der Waals surface area (Å²) in [5.41, 5.74) is -0.969. The first-order valence-electron chi connectivity index (χ1n) is 8.25. The fourth-order valence-electron chi connectivity index (χ4n) is 5.19. The minimum absolute atomic E-state index is 0.0150. The molecule has 4 fully saturated rings. The summed E-state index contributed by atoms with van der Waals surface area (Å²) in [6, 6.07) is 0. The van der Waals surface area contributed by atoms with E-state index in [4.69, 9.17) is 9.47 Å². The molecule has 1 spiro atoms. The first-order chi connectivity index (χ1) is 10.5. The molecule has 22 heavy (non-hydrogen) atoms. The zero-order chi connectivity index (χ0) is 15.6. The predicted molar refractivity (Wildman–Crippen MR) is 74.3 cm³/mol. The average Bonchev–Trinajstić information content (AvgIpc) is 2.85. The predicted octanol–water partition coefficient (Wildman–Crippen LogP) is 2.42. The van der Waals surface area contributed by atoms with Gasteiger partial charge in [-0.15, -0.1) is 0 Å². The summed E-state index contributed by atoms with van der Waals surface area (Å²) in [6.07, 6.45) is 2.29. The van der Waals surface area contributed by atoms with Crippen LogP contribution in [0.1, 0.15) is 38.5 Å². The van der Waals surface area contributed by atoms with Crippen molar-refractivity contribution in [3.05, 3.63) is 0 Å². The fraction of sp³-hybridized carbons (Fsp3) is 0.938. The zero-order valence-corrected chi connectivity index (χ0v) is 12.9. The van der Waals surface area contributed by atoms with Gasteiger partial charge in [-0.1, -0.05) is 0 Å². The van der Waals surface area contributed by atoms with Crippen molar-refractivity contribution in [2.45, 2.75) is 50.7 Å². The third kappa shape index (κ3) is 1.71. The van der Waals surface area contributed by atoms with Gasteiger partial charge in [-0.2, -0.15) is 0 Å². The molecule has 4 rings (SSSR count). The van der Waals surface area contributed by atoms with Crippen LogP contribution in [0.15, 0.2) is 0 Å². The molecule has 124 valence electrons. The average molecular weight is 315 g/mol. The number of ether oxygens (including phenoxy) is 2. The number of methoxy groups -OCH3 is 1. The largest absolute Gasteiger partial charge is 0.352 e. The lowest BCUT2D eigenvalue weighted by molar-refractivity contribution is -0.232. The topological polar surface area (TPSA) is 38.8 Å². The number of hydrogen-bond donors (Lipinski definition) is 0. The monoisotopic (exact) mass is 315 g/mol. The van der Waals surface area contributed by atoms with E-state index in [1.807, 2.05) is 0 Å². The van der Waals surface area contributed by atoms with Crippen molar-refractivity contribution in [3.63, 3.8) is 0 Å². The van der Waals surface area contributed by atoms with E-state index in [0.29, 0.717) is 26.0 Å². The van der Waals surface area contributed by atoms with Crippen LogP contribution in [0, 0.1) is 16.7 Å². The van der Waals surface area contributed by atoms with Crippen molar-refractivity contribution >= 4 is 5.91 Å². The third-order valence-electron chi connectivity index (χ3n) is 6.63. The summed E-state index contributed by atoms with van der Waals surface area (Å²) in [5, 5.41) is 0. The molecule has 2 saturated carbocycles. The first-order valence-corrected chi connectivity index (χ1v) is 8.25. The minimum Gasteiger partial charge on any atom is -0.352 e. The van der Waals surface area contributed by atoms with E-state index in [1.165, 1.54) is 0 Å².